The van der Waals surface area contributed by atoms with E-state index in [1.165, 1.54) is 24.4 Å². The number of aryl methyl sites for hydroxylation is 1. The van der Waals surface area contributed by atoms with Gasteiger partial charge in [0.25, 0.3) is 5.91 Å². The fraction of sp³-hybridized carbons (Fsp3) is 0.0909. The molecule has 1 aromatic heterocycles. The van der Waals surface area contributed by atoms with E-state index in [1.54, 1.807) is 19.1 Å². The number of phenolic OH excluding ortho intramolecular Hbond substituents is 1. The summed E-state index contributed by atoms with van der Waals surface area (Å²) >= 11 is 0.997. The Hall–Kier alpha value is -3.26. The van der Waals surface area contributed by atoms with E-state index in [2.05, 4.69) is 11.6 Å². The molecule has 0 bridgehead atoms. The second-order valence-electron chi connectivity index (χ2n) is 6.47. The molecule has 1 heterocycles. The number of benzene rings is 2. The first-order valence-corrected chi connectivity index (χ1v) is 9.62. The van der Waals surface area contributed by atoms with E-state index >= 15 is 0 Å². The van der Waals surface area contributed by atoms with E-state index in [9.17, 15) is 23.1 Å². The minimum atomic E-state index is -1.32. The number of amides is 1. The zero-order valence-electron chi connectivity index (χ0n) is 15.8. The lowest BCUT2D eigenvalue weighted by molar-refractivity contribution is 0.0995. The van der Waals surface area contributed by atoms with E-state index < -0.39 is 34.2 Å². The van der Waals surface area contributed by atoms with E-state index in [4.69, 9.17) is 5.73 Å². The fourth-order valence-electron chi connectivity index (χ4n) is 2.94. The van der Waals surface area contributed by atoms with Crippen LogP contribution < -0.4 is 5.73 Å². The number of nitrogens with zero attached hydrogens (tertiary/aromatic N) is 1. The molecule has 8 heteroatoms. The quantitative estimate of drug-likeness (QED) is 0.420. The molecule has 3 rings (SSSR count). The summed E-state index contributed by atoms with van der Waals surface area (Å²) in [5.74, 6) is -4.26. The number of hydrogen-bond donors (Lipinski definition) is 2. The summed E-state index contributed by atoms with van der Waals surface area (Å²) in [5.41, 5.74) is 6.08. The van der Waals surface area contributed by atoms with Crippen molar-refractivity contribution in [2.45, 2.75) is 17.1 Å². The number of nitrogens with two attached hydrogens (primary N) is 1. The Morgan fingerprint density at radius 2 is 1.90 bits per heavy atom. The molecule has 3 N–H and O–H groups in total. The van der Waals surface area contributed by atoms with Gasteiger partial charge in [-0.3, -0.25) is 9.78 Å². The third-order valence-electron chi connectivity index (χ3n) is 4.50. The number of halogens is 3. The number of rotatable bonds is 6. The monoisotopic (exact) mass is 430 g/mol. The normalized spacial score (nSPS) is 11.9. The summed E-state index contributed by atoms with van der Waals surface area (Å²) < 4.78 is 43.2. The summed E-state index contributed by atoms with van der Waals surface area (Å²) in [6, 6.07) is 7.62. The summed E-state index contributed by atoms with van der Waals surface area (Å²) in [6.45, 7) is 5.22. The Morgan fingerprint density at radius 3 is 2.50 bits per heavy atom. The van der Waals surface area contributed by atoms with Crippen LogP contribution in [0.25, 0.3) is 6.08 Å². The number of thioether (sulfide) groups is 1. The zero-order valence-corrected chi connectivity index (χ0v) is 16.6. The van der Waals surface area contributed by atoms with Crippen LogP contribution in [0.1, 0.15) is 38.0 Å². The highest BCUT2D eigenvalue weighted by atomic mass is 32.2. The van der Waals surface area contributed by atoms with Gasteiger partial charge in [0.15, 0.2) is 11.6 Å². The van der Waals surface area contributed by atoms with Crippen molar-refractivity contribution < 1.29 is 23.1 Å². The van der Waals surface area contributed by atoms with Gasteiger partial charge in [0, 0.05) is 22.2 Å². The minimum Gasteiger partial charge on any atom is -0.507 e. The van der Waals surface area contributed by atoms with Crippen LogP contribution in [0.15, 0.2) is 54.1 Å². The van der Waals surface area contributed by atoms with E-state index in [-0.39, 0.29) is 11.4 Å². The van der Waals surface area contributed by atoms with Crippen molar-refractivity contribution in [1.82, 2.24) is 4.98 Å². The van der Waals surface area contributed by atoms with Crippen molar-refractivity contribution in [1.29, 1.82) is 0 Å². The van der Waals surface area contributed by atoms with E-state index in [1.807, 2.05) is 0 Å². The summed E-state index contributed by atoms with van der Waals surface area (Å²) in [4.78, 5) is 15.8. The number of aromatic nitrogens is 1. The lowest BCUT2D eigenvalue weighted by atomic mass is 10.00. The van der Waals surface area contributed by atoms with Gasteiger partial charge in [0.1, 0.15) is 17.3 Å². The van der Waals surface area contributed by atoms with Crippen LogP contribution in [0.3, 0.4) is 0 Å². The number of hydrogen-bond acceptors (Lipinski definition) is 4. The molecule has 0 aliphatic heterocycles. The predicted octanol–water partition coefficient (Wildman–Crippen LogP) is 5.14. The highest BCUT2D eigenvalue weighted by Gasteiger charge is 2.27. The van der Waals surface area contributed by atoms with Gasteiger partial charge in [-0.1, -0.05) is 18.7 Å². The molecule has 0 aliphatic carbocycles. The van der Waals surface area contributed by atoms with Crippen LogP contribution in [0.5, 0.6) is 5.75 Å². The first kappa shape index (κ1) is 21.4. The average molecular weight is 430 g/mol. The fourth-order valence-corrected chi connectivity index (χ4v) is 4.25. The lowest BCUT2D eigenvalue weighted by Crippen LogP contribution is -2.14. The largest absolute Gasteiger partial charge is 0.507 e. The van der Waals surface area contributed by atoms with Gasteiger partial charge in [-0.15, -0.1) is 11.8 Å². The summed E-state index contributed by atoms with van der Waals surface area (Å²) in [5, 5.41) is 9.04. The molecule has 0 saturated carbocycles. The molecular weight excluding hydrogens is 413 g/mol. The Labute approximate surface area is 175 Å². The van der Waals surface area contributed by atoms with E-state index in [0.717, 1.165) is 17.8 Å². The van der Waals surface area contributed by atoms with Gasteiger partial charge >= 0.3 is 0 Å². The van der Waals surface area contributed by atoms with Gasteiger partial charge in [0.2, 0.25) is 0 Å². The Morgan fingerprint density at radius 1 is 1.20 bits per heavy atom. The molecule has 4 nitrogen and oxygen atoms in total. The van der Waals surface area contributed by atoms with Crippen LogP contribution in [-0.2, 0) is 0 Å². The Balaban J connectivity index is 2.18. The molecule has 0 fully saturated rings. The van der Waals surface area contributed by atoms with Crippen molar-refractivity contribution in [3.63, 3.8) is 0 Å². The number of carbonyl (C=O) groups excluding carboxylic acids is 1. The van der Waals surface area contributed by atoms with Crippen LogP contribution in [0, 0.1) is 24.4 Å². The van der Waals surface area contributed by atoms with Crippen molar-refractivity contribution in [3.8, 4) is 5.75 Å². The molecule has 2 aromatic carbocycles. The number of carbonyl (C=O) groups is 1. The third kappa shape index (κ3) is 4.18. The predicted molar refractivity (Wildman–Crippen MR) is 110 cm³/mol. The topological polar surface area (TPSA) is 76.2 Å². The molecule has 0 spiro atoms. The van der Waals surface area contributed by atoms with Gasteiger partial charge in [-0.2, -0.15) is 0 Å². The Kier molecular flexibility index (Phi) is 6.17. The smallest absolute Gasteiger partial charge is 0.267 e. The third-order valence-corrected chi connectivity index (χ3v) is 5.76. The molecule has 3 aromatic rings. The molecule has 0 saturated heterocycles. The SMILES string of the molecule is C=Cc1ccc(SC(c2cnc(C(N)=O)cc2C)c2c(F)ccc(F)c2F)cc1O. The van der Waals surface area contributed by atoms with Gasteiger partial charge in [-0.25, -0.2) is 13.2 Å². The standard InChI is InChI=1S/C22H17F3N2O2S/c1-3-12-4-5-13(9-18(12)28)30-21(19-15(23)6-7-16(24)20(19)25)14-10-27-17(22(26)29)8-11(14)2/h3-10,21,28H,1H2,2H3,(H2,26,29). The molecule has 1 unspecified atom stereocenters. The molecule has 0 aliphatic rings. The molecule has 1 atom stereocenters. The van der Waals surface area contributed by atoms with Crippen molar-refractivity contribution in [2.75, 3.05) is 0 Å². The summed E-state index contributed by atoms with van der Waals surface area (Å²) in [6.07, 6.45) is 2.75. The van der Waals surface area contributed by atoms with E-state index in [0.29, 0.717) is 27.7 Å². The number of pyridine rings is 1. The van der Waals surface area contributed by atoms with Crippen molar-refractivity contribution in [2.24, 2.45) is 5.73 Å². The first-order valence-electron chi connectivity index (χ1n) is 8.74. The highest BCUT2D eigenvalue weighted by molar-refractivity contribution is 7.99. The molecular formula is C22H17F3N2O2S. The number of aromatic hydroxyl groups is 1. The maximum atomic E-state index is 14.7. The Bertz CT molecular complexity index is 1150. The number of phenols is 1. The molecule has 30 heavy (non-hydrogen) atoms. The molecule has 0 radical (unpaired) electrons. The van der Waals surface area contributed by atoms with Crippen LogP contribution in [-0.4, -0.2) is 16.0 Å². The van der Waals surface area contributed by atoms with Crippen LogP contribution in [0.2, 0.25) is 0 Å². The number of primary amides is 1. The lowest BCUT2D eigenvalue weighted by Gasteiger charge is -2.21. The minimum absolute atomic E-state index is 0.00633. The zero-order chi connectivity index (χ0) is 22.0. The van der Waals surface area contributed by atoms with Crippen molar-refractivity contribution in [3.05, 3.63) is 94.6 Å². The molecule has 1 amide bonds. The first-order chi connectivity index (χ1) is 14.2. The van der Waals surface area contributed by atoms with Crippen LogP contribution in [0.4, 0.5) is 13.2 Å². The van der Waals surface area contributed by atoms with Gasteiger partial charge < -0.3 is 10.8 Å². The maximum absolute atomic E-state index is 14.7. The second-order valence-corrected chi connectivity index (χ2v) is 7.65. The van der Waals surface area contributed by atoms with Gasteiger partial charge in [-0.05, 0) is 48.4 Å². The van der Waals surface area contributed by atoms with Gasteiger partial charge in [0.05, 0.1) is 5.25 Å². The molecule has 154 valence electrons. The average Bonchev–Trinajstić information content (AvgIpc) is 2.70. The van der Waals surface area contributed by atoms with Crippen LogP contribution >= 0.6 is 11.8 Å². The maximum Gasteiger partial charge on any atom is 0.267 e. The second kappa shape index (κ2) is 8.62. The summed E-state index contributed by atoms with van der Waals surface area (Å²) in [7, 11) is 0. The van der Waals surface area contributed by atoms with Crippen molar-refractivity contribution >= 4 is 23.7 Å². The highest BCUT2D eigenvalue weighted by Crippen LogP contribution is 2.44.